The van der Waals surface area contributed by atoms with Crippen LogP contribution in [0.2, 0.25) is 0 Å². The van der Waals surface area contributed by atoms with Crippen molar-refractivity contribution in [3.05, 3.63) is 0 Å². The first-order valence-electron chi connectivity index (χ1n) is 6.38. The van der Waals surface area contributed by atoms with Crippen molar-refractivity contribution in [2.75, 3.05) is 7.11 Å². The molecule has 0 aromatic heterocycles. The van der Waals surface area contributed by atoms with E-state index in [0.717, 1.165) is 6.04 Å². The van der Waals surface area contributed by atoms with Crippen LogP contribution in [0.4, 0.5) is 0 Å². The van der Waals surface area contributed by atoms with Gasteiger partial charge in [-0.2, -0.15) is 0 Å². The summed E-state index contributed by atoms with van der Waals surface area (Å²) in [5.41, 5.74) is 0.566. The van der Waals surface area contributed by atoms with E-state index in [-0.39, 0.29) is 0 Å². The second kappa shape index (κ2) is 4.42. The Morgan fingerprint density at radius 2 is 1.93 bits per heavy atom. The van der Waals surface area contributed by atoms with E-state index in [1.807, 2.05) is 7.11 Å². The van der Waals surface area contributed by atoms with Crippen molar-refractivity contribution < 1.29 is 4.74 Å². The van der Waals surface area contributed by atoms with E-state index in [0.29, 0.717) is 17.6 Å². The van der Waals surface area contributed by atoms with Crippen molar-refractivity contribution in [1.29, 1.82) is 0 Å². The van der Waals surface area contributed by atoms with E-state index in [4.69, 9.17) is 4.74 Å². The molecule has 2 aliphatic rings. The predicted octanol–water partition coefficient (Wildman–Crippen LogP) is 2.72. The molecular formula is C13H25NO. The zero-order valence-electron chi connectivity index (χ0n) is 10.4. The summed E-state index contributed by atoms with van der Waals surface area (Å²) in [6.07, 6.45) is 8.36. The quantitative estimate of drug-likeness (QED) is 0.775. The second-order valence-corrected chi connectivity index (χ2v) is 6.14. The Morgan fingerprint density at radius 1 is 1.13 bits per heavy atom. The lowest BCUT2D eigenvalue weighted by Crippen LogP contribution is -2.36. The maximum atomic E-state index is 5.41. The van der Waals surface area contributed by atoms with Gasteiger partial charge in [0.15, 0.2) is 0 Å². The molecule has 2 fully saturated rings. The number of nitrogens with one attached hydrogen (secondary N) is 1. The van der Waals surface area contributed by atoms with Gasteiger partial charge in [0.1, 0.15) is 0 Å². The molecule has 0 spiro atoms. The Bertz CT molecular complexity index is 215. The summed E-state index contributed by atoms with van der Waals surface area (Å²) in [5, 5.41) is 3.82. The van der Waals surface area contributed by atoms with Gasteiger partial charge < -0.3 is 10.1 Å². The zero-order chi connectivity index (χ0) is 10.9. The van der Waals surface area contributed by atoms with Gasteiger partial charge in [0.05, 0.1) is 6.10 Å². The highest BCUT2D eigenvalue weighted by Gasteiger charge is 2.33. The SMILES string of the molecule is COC1CCC(NC2CCC(C)(C)C2)C1. The lowest BCUT2D eigenvalue weighted by Gasteiger charge is -2.21. The van der Waals surface area contributed by atoms with Gasteiger partial charge in [-0.1, -0.05) is 13.8 Å². The maximum Gasteiger partial charge on any atom is 0.0586 e. The molecule has 2 saturated carbocycles. The molecular weight excluding hydrogens is 186 g/mol. The molecule has 0 saturated heterocycles. The summed E-state index contributed by atoms with van der Waals surface area (Å²) < 4.78 is 5.41. The van der Waals surface area contributed by atoms with Crippen LogP contribution < -0.4 is 5.32 Å². The van der Waals surface area contributed by atoms with Gasteiger partial charge in [0.2, 0.25) is 0 Å². The molecule has 3 atom stereocenters. The number of hydrogen-bond acceptors (Lipinski definition) is 2. The van der Waals surface area contributed by atoms with Gasteiger partial charge in [-0.05, 0) is 43.9 Å². The standard InChI is InChI=1S/C13H25NO/c1-13(2)7-6-11(9-13)14-10-4-5-12(8-10)15-3/h10-12,14H,4-9H2,1-3H3. The van der Waals surface area contributed by atoms with Crippen molar-refractivity contribution in [3.8, 4) is 0 Å². The minimum absolute atomic E-state index is 0.511. The third-order valence-corrected chi connectivity index (χ3v) is 4.16. The fourth-order valence-electron chi connectivity index (χ4n) is 3.22. The Labute approximate surface area is 93.8 Å². The van der Waals surface area contributed by atoms with E-state index in [1.54, 1.807) is 0 Å². The van der Waals surface area contributed by atoms with Crippen molar-refractivity contribution in [3.63, 3.8) is 0 Å². The zero-order valence-corrected chi connectivity index (χ0v) is 10.4. The minimum Gasteiger partial charge on any atom is -0.381 e. The topological polar surface area (TPSA) is 21.3 Å². The molecule has 0 amide bonds. The van der Waals surface area contributed by atoms with E-state index < -0.39 is 0 Å². The average Bonchev–Trinajstić information content (AvgIpc) is 2.73. The van der Waals surface area contributed by atoms with Crippen LogP contribution in [0, 0.1) is 5.41 Å². The molecule has 1 N–H and O–H groups in total. The Balaban J connectivity index is 1.74. The number of rotatable bonds is 3. The highest BCUT2D eigenvalue weighted by atomic mass is 16.5. The molecule has 2 nitrogen and oxygen atoms in total. The van der Waals surface area contributed by atoms with Gasteiger partial charge in [0.25, 0.3) is 0 Å². The first kappa shape index (κ1) is 11.4. The molecule has 15 heavy (non-hydrogen) atoms. The van der Waals surface area contributed by atoms with E-state index in [9.17, 15) is 0 Å². The van der Waals surface area contributed by atoms with E-state index in [2.05, 4.69) is 19.2 Å². The van der Waals surface area contributed by atoms with Crippen LogP contribution in [0.1, 0.15) is 52.4 Å². The molecule has 2 aliphatic carbocycles. The molecule has 0 aliphatic heterocycles. The fourth-order valence-corrected chi connectivity index (χ4v) is 3.22. The molecule has 2 heteroatoms. The minimum atomic E-state index is 0.511. The monoisotopic (exact) mass is 211 g/mol. The summed E-state index contributed by atoms with van der Waals surface area (Å²) in [6, 6.07) is 1.48. The molecule has 0 aromatic carbocycles. The summed E-state index contributed by atoms with van der Waals surface area (Å²) in [6.45, 7) is 4.78. The van der Waals surface area contributed by atoms with Crippen LogP contribution >= 0.6 is 0 Å². The summed E-state index contributed by atoms with van der Waals surface area (Å²) in [4.78, 5) is 0. The molecule has 0 aromatic rings. The summed E-state index contributed by atoms with van der Waals surface area (Å²) >= 11 is 0. The summed E-state index contributed by atoms with van der Waals surface area (Å²) in [7, 11) is 1.84. The van der Waals surface area contributed by atoms with Gasteiger partial charge in [-0.25, -0.2) is 0 Å². The number of hydrogen-bond donors (Lipinski definition) is 1. The highest BCUT2D eigenvalue weighted by molar-refractivity contribution is 4.90. The third kappa shape index (κ3) is 2.94. The Kier molecular flexibility index (Phi) is 3.36. The normalized spacial score (nSPS) is 39.8. The molecule has 0 radical (unpaired) electrons. The molecule has 0 heterocycles. The van der Waals surface area contributed by atoms with Crippen LogP contribution in [-0.4, -0.2) is 25.3 Å². The highest BCUT2D eigenvalue weighted by Crippen LogP contribution is 2.37. The number of methoxy groups -OCH3 is 1. The maximum absolute atomic E-state index is 5.41. The van der Waals surface area contributed by atoms with Crippen LogP contribution in [-0.2, 0) is 4.74 Å². The lowest BCUT2D eigenvalue weighted by atomic mass is 9.92. The van der Waals surface area contributed by atoms with Crippen molar-refractivity contribution in [2.24, 2.45) is 5.41 Å². The van der Waals surface area contributed by atoms with E-state index in [1.165, 1.54) is 38.5 Å². The number of ether oxygens (including phenoxy) is 1. The molecule has 2 rings (SSSR count). The fraction of sp³-hybridized carbons (Fsp3) is 1.00. The van der Waals surface area contributed by atoms with Gasteiger partial charge >= 0.3 is 0 Å². The smallest absolute Gasteiger partial charge is 0.0586 e. The molecule has 0 bridgehead atoms. The Hall–Kier alpha value is -0.0800. The van der Waals surface area contributed by atoms with Crippen LogP contribution in [0.25, 0.3) is 0 Å². The lowest BCUT2D eigenvalue weighted by molar-refractivity contribution is 0.106. The van der Waals surface area contributed by atoms with Crippen LogP contribution in [0.3, 0.4) is 0 Å². The summed E-state index contributed by atoms with van der Waals surface area (Å²) in [5.74, 6) is 0. The second-order valence-electron chi connectivity index (χ2n) is 6.14. The first-order valence-corrected chi connectivity index (χ1v) is 6.38. The van der Waals surface area contributed by atoms with Crippen LogP contribution in [0.5, 0.6) is 0 Å². The van der Waals surface area contributed by atoms with Crippen molar-refractivity contribution >= 4 is 0 Å². The van der Waals surface area contributed by atoms with Crippen molar-refractivity contribution in [2.45, 2.75) is 70.6 Å². The van der Waals surface area contributed by atoms with Crippen molar-refractivity contribution in [1.82, 2.24) is 5.32 Å². The van der Waals surface area contributed by atoms with Gasteiger partial charge in [-0.15, -0.1) is 0 Å². The predicted molar refractivity (Wildman–Crippen MR) is 63.0 cm³/mol. The van der Waals surface area contributed by atoms with Gasteiger partial charge in [-0.3, -0.25) is 0 Å². The van der Waals surface area contributed by atoms with Crippen LogP contribution in [0.15, 0.2) is 0 Å². The van der Waals surface area contributed by atoms with E-state index >= 15 is 0 Å². The molecule has 3 unspecified atom stereocenters. The average molecular weight is 211 g/mol. The third-order valence-electron chi connectivity index (χ3n) is 4.16. The Morgan fingerprint density at radius 3 is 2.47 bits per heavy atom. The van der Waals surface area contributed by atoms with Gasteiger partial charge in [0, 0.05) is 19.2 Å². The first-order chi connectivity index (χ1) is 7.09. The molecule has 88 valence electrons. The largest absolute Gasteiger partial charge is 0.381 e.